The standard InChI is InChI=1S/C18H16ClFN2O2/c19-15-11-13(5-8-16(15)20)21-17(23)10-12-3-6-14(7-4-12)22-9-1-2-18(22)24/h3-8,11H,1-2,9-10H2,(H,21,23). The highest BCUT2D eigenvalue weighted by molar-refractivity contribution is 6.31. The van der Waals surface area contributed by atoms with Gasteiger partial charge in [0.25, 0.3) is 0 Å². The Kier molecular flexibility index (Phi) is 4.81. The van der Waals surface area contributed by atoms with E-state index in [1.807, 2.05) is 24.3 Å². The number of rotatable bonds is 4. The molecule has 0 saturated carbocycles. The van der Waals surface area contributed by atoms with Crippen LogP contribution in [0.2, 0.25) is 5.02 Å². The first kappa shape index (κ1) is 16.5. The van der Waals surface area contributed by atoms with Crippen LogP contribution in [0.5, 0.6) is 0 Å². The lowest BCUT2D eigenvalue weighted by atomic mass is 10.1. The number of benzene rings is 2. The van der Waals surface area contributed by atoms with Gasteiger partial charge in [-0.05, 0) is 42.3 Å². The molecule has 2 aromatic carbocycles. The number of halogens is 2. The molecule has 1 aliphatic heterocycles. The normalized spacial score (nSPS) is 14.1. The maximum atomic E-state index is 13.1. The Morgan fingerprint density at radius 2 is 1.96 bits per heavy atom. The van der Waals surface area contributed by atoms with Gasteiger partial charge in [0.05, 0.1) is 11.4 Å². The predicted octanol–water partition coefficient (Wildman–Crippen LogP) is 3.79. The van der Waals surface area contributed by atoms with Gasteiger partial charge in [0.15, 0.2) is 0 Å². The fourth-order valence-corrected chi connectivity index (χ4v) is 2.86. The molecule has 1 saturated heterocycles. The van der Waals surface area contributed by atoms with E-state index in [-0.39, 0.29) is 23.3 Å². The van der Waals surface area contributed by atoms with Gasteiger partial charge < -0.3 is 10.2 Å². The second-order valence-electron chi connectivity index (χ2n) is 5.67. The molecule has 24 heavy (non-hydrogen) atoms. The molecule has 0 aliphatic carbocycles. The summed E-state index contributed by atoms with van der Waals surface area (Å²) in [6.07, 6.45) is 1.65. The van der Waals surface area contributed by atoms with Gasteiger partial charge in [0.2, 0.25) is 11.8 Å². The van der Waals surface area contributed by atoms with Crippen molar-refractivity contribution in [2.24, 2.45) is 0 Å². The highest BCUT2D eigenvalue weighted by Gasteiger charge is 2.21. The fourth-order valence-electron chi connectivity index (χ4n) is 2.68. The Hall–Kier alpha value is -2.40. The average Bonchev–Trinajstić information content (AvgIpc) is 2.98. The predicted molar refractivity (Wildman–Crippen MR) is 91.8 cm³/mol. The quantitative estimate of drug-likeness (QED) is 0.915. The number of nitrogens with zero attached hydrogens (tertiary/aromatic N) is 1. The molecule has 2 aromatic rings. The molecule has 4 nitrogen and oxygen atoms in total. The van der Waals surface area contributed by atoms with Crippen LogP contribution in [0.1, 0.15) is 18.4 Å². The average molecular weight is 347 g/mol. The Balaban J connectivity index is 1.62. The number of nitrogens with one attached hydrogen (secondary N) is 1. The molecule has 1 N–H and O–H groups in total. The number of carbonyl (C=O) groups is 2. The molecule has 124 valence electrons. The summed E-state index contributed by atoms with van der Waals surface area (Å²) < 4.78 is 13.1. The van der Waals surface area contributed by atoms with E-state index >= 15 is 0 Å². The second kappa shape index (κ2) is 7.01. The Labute approximate surface area is 144 Å². The Morgan fingerprint density at radius 3 is 2.58 bits per heavy atom. The summed E-state index contributed by atoms with van der Waals surface area (Å²) in [4.78, 5) is 25.5. The van der Waals surface area contributed by atoms with Gasteiger partial charge in [0.1, 0.15) is 5.82 Å². The van der Waals surface area contributed by atoms with Crippen LogP contribution in [0.25, 0.3) is 0 Å². The molecule has 1 fully saturated rings. The van der Waals surface area contributed by atoms with E-state index in [4.69, 9.17) is 11.6 Å². The number of anilines is 2. The highest BCUT2D eigenvalue weighted by atomic mass is 35.5. The monoisotopic (exact) mass is 346 g/mol. The van der Waals surface area contributed by atoms with E-state index in [1.54, 1.807) is 4.90 Å². The lowest BCUT2D eigenvalue weighted by molar-refractivity contribution is -0.117. The zero-order chi connectivity index (χ0) is 17.1. The summed E-state index contributed by atoms with van der Waals surface area (Å²) >= 11 is 5.69. The molecule has 1 heterocycles. The fraction of sp³-hybridized carbons (Fsp3) is 0.222. The lowest BCUT2D eigenvalue weighted by Gasteiger charge is -2.15. The van der Waals surface area contributed by atoms with Crippen molar-refractivity contribution in [3.8, 4) is 0 Å². The smallest absolute Gasteiger partial charge is 0.228 e. The van der Waals surface area contributed by atoms with Gasteiger partial charge in [-0.1, -0.05) is 23.7 Å². The van der Waals surface area contributed by atoms with Crippen LogP contribution in [0.4, 0.5) is 15.8 Å². The highest BCUT2D eigenvalue weighted by Crippen LogP contribution is 2.22. The molecule has 0 spiro atoms. The molecule has 0 atom stereocenters. The van der Waals surface area contributed by atoms with Crippen molar-refractivity contribution in [2.45, 2.75) is 19.3 Å². The van der Waals surface area contributed by atoms with Crippen LogP contribution in [0.15, 0.2) is 42.5 Å². The Bertz CT molecular complexity index is 777. The molecule has 6 heteroatoms. The summed E-state index contributed by atoms with van der Waals surface area (Å²) in [6.45, 7) is 0.740. The molecule has 3 rings (SSSR count). The molecule has 0 radical (unpaired) electrons. The molecule has 0 unspecified atom stereocenters. The van der Waals surface area contributed by atoms with E-state index in [9.17, 15) is 14.0 Å². The maximum Gasteiger partial charge on any atom is 0.228 e. The summed E-state index contributed by atoms with van der Waals surface area (Å²) in [7, 11) is 0. The van der Waals surface area contributed by atoms with E-state index in [1.165, 1.54) is 18.2 Å². The van der Waals surface area contributed by atoms with Gasteiger partial charge in [-0.15, -0.1) is 0 Å². The first-order chi connectivity index (χ1) is 11.5. The maximum absolute atomic E-state index is 13.1. The van der Waals surface area contributed by atoms with Crippen molar-refractivity contribution < 1.29 is 14.0 Å². The van der Waals surface area contributed by atoms with Crippen molar-refractivity contribution in [3.05, 3.63) is 58.9 Å². The van der Waals surface area contributed by atoms with Gasteiger partial charge in [0, 0.05) is 24.3 Å². The summed E-state index contributed by atoms with van der Waals surface area (Å²) in [5.74, 6) is -0.613. The minimum atomic E-state index is -0.526. The largest absolute Gasteiger partial charge is 0.326 e. The van der Waals surface area contributed by atoms with Gasteiger partial charge in [-0.3, -0.25) is 9.59 Å². The van der Waals surface area contributed by atoms with Crippen LogP contribution in [-0.4, -0.2) is 18.4 Å². The van der Waals surface area contributed by atoms with E-state index < -0.39 is 5.82 Å². The second-order valence-corrected chi connectivity index (χ2v) is 6.08. The summed E-state index contributed by atoms with van der Waals surface area (Å²) in [6, 6.07) is 11.4. The molecule has 0 aromatic heterocycles. The van der Waals surface area contributed by atoms with Crippen LogP contribution >= 0.6 is 11.6 Å². The van der Waals surface area contributed by atoms with Crippen molar-refractivity contribution >= 4 is 34.8 Å². The zero-order valence-corrected chi connectivity index (χ0v) is 13.6. The molecule has 0 bridgehead atoms. The summed E-state index contributed by atoms with van der Waals surface area (Å²) in [5.41, 5.74) is 2.13. The first-order valence-corrected chi connectivity index (χ1v) is 8.05. The molecular formula is C18H16ClFN2O2. The van der Waals surface area contributed by atoms with E-state index in [0.717, 1.165) is 24.2 Å². The summed E-state index contributed by atoms with van der Waals surface area (Å²) in [5, 5.41) is 2.65. The van der Waals surface area contributed by atoms with Gasteiger partial charge in [-0.2, -0.15) is 0 Å². The minimum absolute atomic E-state index is 0.0348. The van der Waals surface area contributed by atoms with Crippen molar-refractivity contribution in [3.63, 3.8) is 0 Å². The van der Waals surface area contributed by atoms with E-state index in [0.29, 0.717) is 12.1 Å². The van der Waals surface area contributed by atoms with Crippen molar-refractivity contribution in [2.75, 3.05) is 16.8 Å². The third-order valence-electron chi connectivity index (χ3n) is 3.89. The van der Waals surface area contributed by atoms with Gasteiger partial charge in [-0.25, -0.2) is 4.39 Å². The number of hydrogen-bond donors (Lipinski definition) is 1. The first-order valence-electron chi connectivity index (χ1n) is 7.67. The Morgan fingerprint density at radius 1 is 1.21 bits per heavy atom. The third kappa shape index (κ3) is 3.74. The number of hydrogen-bond acceptors (Lipinski definition) is 2. The number of carbonyl (C=O) groups excluding carboxylic acids is 2. The molecule has 1 aliphatic rings. The van der Waals surface area contributed by atoms with Crippen molar-refractivity contribution in [1.29, 1.82) is 0 Å². The van der Waals surface area contributed by atoms with Crippen LogP contribution in [-0.2, 0) is 16.0 Å². The topological polar surface area (TPSA) is 49.4 Å². The molecule has 2 amide bonds. The molecular weight excluding hydrogens is 331 g/mol. The van der Waals surface area contributed by atoms with Crippen LogP contribution in [0, 0.1) is 5.82 Å². The lowest BCUT2D eigenvalue weighted by Crippen LogP contribution is -2.23. The zero-order valence-electron chi connectivity index (χ0n) is 12.9. The van der Waals surface area contributed by atoms with E-state index in [2.05, 4.69) is 5.32 Å². The minimum Gasteiger partial charge on any atom is -0.326 e. The third-order valence-corrected chi connectivity index (χ3v) is 4.18. The SMILES string of the molecule is O=C(Cc1ccc(N2CCCC2=O)cc1)Nc1ccc(F)c(Cl)c1. The number of amides is 2. The van der Waals surface area contributed by atoms with Crippen LogP contribution in [0.3, 0.4) is 0 Å². The van der Waals surface area contributed by atoms with Crippen LogP contribution < -0.4 is 10.2 Å². The van der Waals surface area contributed by atoms with Gasteiger partial charge >= 0.3 is 0 Å². The van der Waals surface area contributed by atoms with Crippen molar-refractivity contribution in [1.82, 2.24) is 0 Å².